The van der Waals surface area contributed by atoms with Crippen LogP contribution in [-0.4, -0.2) is 24.8 Å². The largest absolute Gasteiger partial charge is 0.456 e. The lowest BCUT2D eigenvalue weighted by molar-refractivity contribution is -0.156. The van der Waals surface area contributed by atoms with Gasteiger partial charge < -0.3 is 9.47 Å². The number of hydrogen-bond donors (Lipinski definition) is 0. The van der Waals surface area contributed by atoms with Crippen molar-refractivity contribution in [3.8, 4) is 0 Å². The summed E-state index contributed by atoms with van der Waals surface area (Å²) >= 11 is 0. The molecule has 0 N–H and O–H groups in total. The Morgan fingerprint density at radius 3 is 3.08 bits per heavy atom. The van der Waals surface area contributed by atoms with Crippen molar-refractivity contribution in [1.82, 2.24) is 0 Å². The van der Waals surface area contributed by atoms with Gasteiger partial charge in [0.15, 0.2) is 0 Å². The molecule has 0 radical (unpaired) electrons. The molecule has 68 valence electrons. The van der Waals surface area contributed by atoms with Crippen LogP contribution in [0.25, 0.3) is 0 Å². The maximum Gasteiger partial charge on any atom is 0.330 e. The third kappa shape index (κ3) is 2.34. The zero-order valence-electron chi connectivity index (χ0n) is 7.29. The Bertz CT molecular complexity index is 177. The molecule has 1 aliphatic heterocycles. The number of carbonyl (C=O) groups excluding carboxylic acids is 1. The van der Waals surface area contributed by atoms with E-state index in [4.69, 9.17) is 9.47 Å². The van der Waals surface area contributed by atoms with E-state index in [0.717, 1.165) is 19.4 Å². The molecule has 1 saturated heterocycles. The van der Waals surface area contributed by atoms with E-state index in [0.29, 0.717) is 0 Å². The standard InChI is InChI=1S/C9H14O3/c1-3-9(10)12-8-5-4-6-11-7(8)2/h3,7-8H,1,4-6H2,2H3. The Hall–Kier alpha value is -0.830. The Morgan fingerprint density at radius 2 is 2.50 bits per heavy atom. The molecule has 0 bridgehead atoms. The average Bonchev–Trinajstić information content (AvgIpc) is 2.09. The molecule has 1 rings (SSSR count). The van der Waals surface area contributed by atoms with Crippen molar-refractivity contribution >= 4 is 5.97 Å². The van der Waals surface area contributed by atoms with Crippen molar-refractivity contribution in [3.05, 3.63) is 12.7 Å². The van der Waals surface area contributed by atoms with Crippen molar-refractivity contribution in [2.24, 2.45) is 0 Å². The van der Waals surface area contributed by atoms with Gasteiger partial charge in [-0.1, -0.05) is 6.58 Å². The molecule has 1 heterocycles. The summed E-state index contributed by atoms with van der Waals surface area (Å²) in [6, 6.07) is 0. The van der Waals surface area contributed by atoms with Gasteiger partial charge in [-0.25, -0.2) is 4.79 Å². The van der Waals surface area contributed by atoms with E-state index < -0.39 is 0 Å². The molecule has 0 aromatic heterocycles. The van der Waals surface area contributed by atoms with Crippen LogP contribution in [0.1, 0.15) is 19.8 Å². The number of ether oxygens (including phenoxy) is 2. The van der Waals surface area contributed by atoms with Gasteiger partial charge >= 0.3 is 5.97 Å². The van der Waals surface area contributed by atoms with E-state index in [1.807, 2.05) is 6.92 Å². The lowest BCUT2D eigenvalue weighted by atomic mass is 10.1. The van der Waals surface area contributed by atoms with Gasteiger partial charge in [0.25, 0.3) is 0 Å². The fraction of sp³-hybridized carbons (Fsp3) is 0.667. The van der Waals surface area contributed by atoms with Gasteiger partial charge in [0.2, 0.25) is 0 Å². The van der Waals surface area contributed by atoms with Crippen LogP contribution in [-0.2, 0) is 14.3 Å². The summed E-state index contributed by atoms with van der Waals surface area (Å²) in [5.74, 6) is -0.364. The third-order valence-corrected chi connectivity index (χ3v) is 1.97. The minimum Gasteiger partial charge on any atom is -0.456 e. The summed E-state index contributed by atoms with van der Waals surface area (Å²) in [5.41, 5.74) is 0. The van der Waals surface area contributed by atoms with E-state index in [1.54, 1.807) is 0 Å². The first kappa shape index (κ1) is 9.26. The van der Waals surface area contributed by atoms with Crippen LogP contribution >= 0.6 is 0 Å². The second-order valence-electron chi connectivity index (χ2n) is 2.90. The van der Waals surface area contributed by atoms with Crippen molar-refractivity contribution < 1.29 is 14.3 Å². The topological polar surface area (TPSA) is 35.5 Å². The van der Waals surface area contributed by atoms with Crippen molar-refractivity contribution in [2.45, 2.75) is 32.0 Å². The molecule has 0 aliphatic carbocycles. The van der Waals surface area contributed by atoms with E-state index in [2.05, 4.69) is 6.58 Å². The quantitative estimate of drug-likeness (QED) is 0.462. The monoisotopic (exact) mass is 170 g/mol. The van der Waals surface area contributed by atoms with Crippen LogP contribution in [0.4, 0.5) is 0 Å². The zero-order valence-corrected chi connectivity index (χ0v) is 7.29. The number of esters is 1. The van der Waals surface area contributed by atoms with Crippen LogP contribution in [0, 0.1) is 0 Å². The molecule has 0 amide bonds. The van der Waals surface area contributed by atoms with Gasteiger partial charge in [-0.05, 0) is 19.8 Å². The molecule has 3 nitrogen and oxygen atoms in total. The maximum absolute atomic E-state index is 10.8. The van der Waals surface area contributed by atoms with Gasteiger partial charge in [-0.3, -0.25) is 0 Å². The fourth-order valence-electron chi connectivity index (χ4n) is 1.25. The average molecular weight is 170 g/mol. The normalized spacial score (nSPS) is 29.4. The van der Waals surface area contributed by atoms with Gasteiger partial charge in [-0.2, -0.15) is 0 Å². The maximum atomic E-state index is 10.8. The molecule has 1 aliphatic rings. The fourth-order valence-corrected chi connectivity index (χ4v) is 1.25. The molecule has 2 unspecified atom stereocenters. The molecule has 2 atom stereocenters. The second kappa shape index (κ2) is 4.26. The highest BCUT2D eigenvalue weighted by atomic mass is 16.6. The molecule has 0 spiro atoms. The van der Waals surface area contributed by atoms with E-state index in [1.165, 1.54) is 6.08 Å². The molecule has 0 aromatic carbocycles. The highest BCUT2D eigenvalue weighted by molar-refractivity contribution is 5.81. The summed E-state index contributed by atoms with van der Waals surface area (Å²) in [7, 11) is 0. The van der Waals surface area contributed by atoms with Crippen LogP contribution < -0.4 is 0 Å². The molecule has 3 heteroatoms. The smallest absolute Gasteiger partial charge is 0.330 e. The third-order valence-electron chi connectivity index (χ3n) is 1.97. The number of carbonyl (C=O) groups is 1. The highest BCUT2D eigenvalue weighted by Gasteiger charge is 2.24. The SMILES string of the molecule is C=CC(=O)OC1CCCOC1C. The van der Waals surface area contributed by atoms with Crippen molar-refractivity contribution in [2.75, 3.05) is 6.61 Å². The number of hydrogen-bond acceptors (Lipinski definition) is 3. The Labute approximate surface area is 72.4 Å². The van der Waals surface area contributed by atoms with Gasteiger partial charge in [0.1, 0.15) is 6.10 Å². The summed E-state index contributed by atoms with van der Waals surface area (Å²) in [6.07, 6.45) is 2.95. The first-order chi connectivity index (χ1) is 5.74. The Kier molecular flexibility index (Phi) is 3.29. The van der Waals surface area contributed by atoms with Gasteiger partial charge in [0.05, 0.1) is 6.10 Å². The van der Waals surface area contributed by atoms with Crippen molar-refractivity contribution in [3.63, 3.8) is 0 Å². The zero-order chi connectivity index (χ0) is 8.97. The van der Waals surface area contributed by atoms with Crippen molar-refractivity contribution in [1.29, 1.82) is 0 Å². The van der Waals surface area contributed by atoms with E-state index in [-0.39, 0.29) is 18.2 Å². The van der Waals surface area contributed by atoms with E-state index in [9.17, 15) is 4.79 Å². The summed E-state index contributed by atoms with van der Waals surface area (Å²) in [5, 5.41) is 0. The lowest BCUT2D eigenvalue weighted by Crippen LogP contribution is -2.35. The lowest BCUT2D eigenvalue weighted by Gasteiger charge is -2.28. The highest BCUT2D eigenvalue weighted by Crippen LogP contribution is 2.16. The van der Waals surface area contributed by atoms with Gasteiger partial charge in [-0.15, -0.1) is 0 Å². The predicted octanol–water partition coefficient (Wildman–Crippen LogP) is 1.28. The Balaban J connectivity index is 2.38. The van der Waals surface area contributed by atoms with Crippen LogP contribution in [0.15, 0.2) is 12.7 Å². The first-order valence-corrected chi connectivity index (χ1v) is 4.18. The Morgan fingerprint density at radius 1 is 1.75 bits per heavy atom. The molecular weight excluding hydrogens is 156 g/mol. The predicted molar refractivity (Wildman–Crippen MR) is 44.7 cm³/mol. The molecule has 0 aromatic rings. The van der Waals surface area contributed by atoms with E-state index >= 15 is 0 Å². The summed E-state index contributed by atoms with van der Waals surface area (Å²) < 4.78 is 10.4. The molecule has 1 fully saturated rings. The summed E-state index contributed by atoms with van der Waals surface area (Å²) in [6.45, 7) is 6.02. The summed E-state index contributed by atoms with van der Waals surface area (Å²) in [4.78, 5) is 10.8. The van der Waals surface area contributed by atoms with Gasteiger partial charge in [0, 0.05) is 12.7 Å². The molecular formula is C9H14O3. The number of rotatable bonds is 2. The second-order valence-corrected chi connectivity index (χ2v) is 2.90. The van der Waals surface area contributed by atoms with Crippen LogP contribution in [0.3, 0.4) is 0 Å². The first-order valence-electron chi connectivity index (χ1n) is 4.18. The minimum atomic E-state index is -0.364. The van der Waals surface area contributed by atoms with Crippen LogP contribution in [0.5, 0.6) is 0 Å². The molecule has 12 heavy (non-hydrogen) atoms. The van der Waals surface area contributed by atoms with Crippen LogP contribution in [0.2, 0.25) is 0 Å². The molecule has 0 saturated carbocycles. The minimum absolute atomic E-state index is 0.0163.